The minimum Gasteiger partial charge on any atom is -0.469 e. The predicted molar refractivity (Wildman–Crippen MR) is 86.5 cm³/mol. The van der Waals surface area contributed by atoms with Crippen LogP contribution in [0.15, 0.2) is 0 Å². The molecule has 0 aromatic carbocycles. The fourth-order valence-corrected chi connectivity index (χ4v) is 2.49. The fraction of sp³-hybridized carbons (Fsp3) is 0.875. The first-order valence-corrected chi connectivity index (χ1v) is 8.02. The lowest BCUT2D eigenvalue weighted by atomic mass is 10.2. The van der Waals surface area contributed by atoms with Crippen LogP contribution in [0, 0.1) is 0 Å². The van der Waals surface area contributed by atoms with Crippen molar-refractivity contribution >= 4 is 11.9 Å². The Kier molecular flexibility index (Phi) is 10.8. The molecule has 0 amide bonds. The van der Waals surface area contributed by atoms with Gasteiger partial charge in [0, 0.05) is 19.5 Å². The predicted octanol–water partition coefficient (Wildman–Crippen LogP) is 1.29. The van der Waals surface area contributed by atoms with Crippen LogP contribution < -0.4 is 0 Å². The van der Waals surface area contributed by atoms with Gasteiger partial charge in [-0.15, -0.1) is 0 Å². The van der Waals surface area contributed by atoms with Gasteiger partial charge in [-0.1, -0.05) is 6.92 Å². The quantitative estimate of drug-likeness (QED) is 0.401. The summed E-state index contributed by atoms with van der Waals surface area (Å²) in [4.78, 5) is 24.5. The molecule has 1 unspecified atom stereocenters. The Hall–Kier alpha value is -1.14. The number of nitrogens with zero attached hydrogens (tertiary/aromatic N) is 2. The van der Waals surface area contributed by atoms with Crippen molar-refractivity contribution < 1.29 is 23.5 Å². The van der Waals surface area contributed by atoms with Crippen molar-refractivity contribution in [3.63, 3.8) is 0 Å². The Morgan fingerprint density at radius 3 is 2.09 bits per heavy atom. The van der Waals surface area contributed by atoms with Gasteiger partial charge in [-0.25, -0.2) is 0 Å². The van der Waals surface area contributed by atoms with Crippen molar-refractivity contribution in [1.29, 1.82) is 0 Å². The van der Waals surface area contributed by atoms with Gasteiger partial charge in [0.25, 0.3) is 0 Å². The van der Waals surface area contributed by atoms with Crippen molar-refractivity contribution in [2.24, 2.45) is 0 Å². The molecule has 130 valence electrons. The molecule has 0 aliphatic heterocycles. The number of carbonyl (C=O) groups excluding carboxylic acids is 2. The zero-order valence-electron chi connectivity index (χ0n) is 14.9. The second-order valence-corrected chi connectivity index (χ2v) is 6.10. The summed E-state index contributed by atoms with van der Waals surface area (Å²) in [7, 11) is 7.10. The van der Waals surface area contributed by atoms with E-state index in [1.165, 1.54) is 14.2 Å². The average molecular weight is 317 g/mol. The first-order valence-electron chi connectivity index (χ1n) is 8.02. The van der Waals surface area contributed by atoms with Crippen LogP contribution in [-0.4, -0.2) is 82.4 Å². The summed E-state index contributed by atoms with van der Waals surface area (Å²) >= 11 is 0. The number of ether oxygens (including phenoxy) is 2. The van der Waals surface area contributed by atoms with E-state index in [-0.39, 0.29) is 11.9 Å². The van der Waals surface area contributed by atoms with Gasteiger partial charge < -0.3 is 18.9 Å². The molecule has 0 radical (unpaired) electrons. The van der Waals surface area contributed by atoms with Gasteiger partial charge in [0.1, 0.15) is 0 Å². The lowest BCUT2D eigenvalue weighted by molar-refractivity contribution is -0.909. The molecule has 0 fully saturated rings. The van der Waals surface area contributed by atoms with E-state index >= 15 is 0 Å². The van der Waals surface area contributed by atoms with Gasteiger partial charge in [0.15, 0.2) is 0 Å². The summed E-state index contributed by atoms with van der Waals surface area (Å²) in [6.45, 7) is 6.87. The molecule has 0 bridgehead atoms. The number of methoxy groups -OCH3 is 2. The summed E-state index contributed by atoms with van der Waals surface area (Å²) in [6.07, 6.45) is 2.86. The van der Waals surface area contributed by atoms with Crippen LogP contribution in [0.2, 0.25) is 0 Å². The molecule has 22 heavy (non-hydrogen) atoms. The van der Waals surface area contributed by atoms with Crippen molar-refractivity contribution in [3.05, 3.63) is 0 Å². The Morgan fingerprint density at radius 1 is 0.955 bits per heavy atom. The summed E-state index contributed by atoms with van der Waals surface area (Å²) in [6, 6.07) is 0. The zero-order chi connectivity index (χ0) is 17.0. The van der Waals surface area contributed by atoms with E-state index in [0.29, 0.717) is 19.4 Å². The van der Waals surface area contributed by atoms with Crippen LogP contribution in [0.5, 0.6) is 0 Å². The number of quaternary nitrogens is 1. The van der Waals surface area contributed by atoms with Gasteiger partial charge in [0.05, 0.1) is 53.7 Å². The second-order valence-electron chi connectivity index (χ2n) is 6.10. The monoisotopic (exact) mass is 317 g/mol. The highest BCUT2D eigenvalue weighted by molar-refractivity contribution is 5.69. The molecular formula is C16H33N2O4+. The summed E-state index contributed by atoms with van der Waals surface area (Å²) in [5, 5.41) is 0. The highest BCUT2D eigenvalue weighted by Gasteiger charge is 2.21. The zero-order valence-corrected chi connectivity index (χ0v) is 14.9. The van der Waals surface area contributed by atoms with E-state index < -0.39 is 0 Å². The van der Waals surface area contributed by atoms with Gasteiger partial charge in [-0.2, -0.15) is 0 Å². The lowest BCUT2D eigenvalue weighted by Gasteiger charge is -2.35. The number of likely N-dealkylation sites (N-methyl/N-ethyl adjacent to an activating group) is 2. The maximum Gasteiger partial charge on any atom is 0.306 e. The highest BCUT2D eigenvalue weighted by atomic mass is 16.5. The first-order chi connectivity index (χ1) is 10.4. The van der Waals surface area contributed by atoms with E-state index in [0.717, 1.165) is 43.5 Å². The third kappa shape index (κ3) is 9.73. The number of esters is 2. The third-order valence-corrected chi connectivity index (χ3v) is 4.02. The topological polar surface area (TPSA) is 55.8 Å². The minimum absolute atomic E-state index is 0.141. The van der Waals surface area contributed by atoms with E-state index in [9.17, 15) is 9.59 Å². The number of rotatable bonds is 12. The molecule has 0 aliphatic rings. The summed E-state index contributed by atoms with van der Waals surface area (Å²) in [5.41, 5.74) is 0. The van der Waals surface area contributed by atoms with Crippen LogP contribution in [0.3, 0.4) is 0 Å². The van der Waals surface area contributed by atoms with Crippen molar-refractivity contribution in [2.45, 2.75) is 32.6 Å². The number of carbonyl (C=O) groups is 2. The maximum absolute atomic E-state index is 11.2. The first kappa shape index (κ1) is 20.9. The smallest absolute Gasteiger partial charge is 0.306 e. The normalized spacial score (nSPS) is 13.7. The minimum atomic E-state index is -0.171. The molecule has 0 aliphatic carbocycles. The molecule has 0 rings (SSSR count). The van der Waals surface area contributed by atoms with Crippen molar-refractivity contribution in [1.82, 2.24) is 4.90 Å². The lowest BCUT2D eigenvalue weighted by Crippen LogP contribution is -2.49. The number of hydrogen-bond donors (Lipinski definition) is 0. The Balaban J connectivity index is 4.19. The van der Waals surface area contributed by atoms with Gasteiger partial charge in [0.2, 0.25) is 0 Å². The molecule has 0 aromatic heterocycles. The molecule has 0 saturated carbocycles. The number of hydrogen-bond acceptors (Lipinski definition) is 5. The van der Waals surface area contributed by atoms with Crippen molar-refractivity contribution in [3.8, 4) is 0 Å². The summed E-state index contributed by atoms with van der Waals surface area (Å²) in [5.74, 6) is -0.311. The summed E-state index contributed by atoms with van der Waals surface area (Å²) < 4.78 is 10.3. The fourth-order valence-electron chi connectivity index (χ4n) is 2.49. The van der Waals surface area contributed by atoms with E-state index in [1.807, 2.05) is 7.05 Å². The highest BCUT2D eigenvalue weighted by Crippen LogP contribution is 2.08. The van der Waals surface area contributed by atoms with Crippen LogP contribution in [0.1, 0.15) is 32.6 Å². The molecule has 0 N–H and O–H groups in total. The van der Waals surface area contributed by atoms with E-state index in [4.69, 9.17) is 4.74 Å². The van der Waals surface area contributed by atoms with Crippen molar-refractivity contribution in [2.75, 3.05) is 61.0 Å². The van der Waals surface area contributed by atoms with Crippen LogP contribution in [0.4, 0.5) is 0 Å². The molecule has 1 atom stereocenters. The van der Waals surface area contributed by atoms with E-state index in [1.54, 1.807) is 0 Å². The molecule has 6 heteroatoms. The van der Waals surface area contributed by atoms with E-state index in [2.05, 4.69) is 23.6 Å². The molecule has 6 nitrogen and oxygen atoms in total. The third-order valence-electron chi connectivity index (χ3n) is 4.02. The van der Waals surface area contributed by atoms with Crippen LogP contribution in [-0.2, 0) is 19.1 Å². The van der Waals surface area contributed by atoms with Gasteiger partial charge in [-0.3, -0.25) is 9.59 Å². The Labute approximate surface area is 134 Å². The Morgan fingerprint density at radius 2 is 1.55 bits per heavy atom. The molecule has 0 spiro atoms. The standard InChI is InChI=1S/C16H33N2O4/c1-6-12-18(3,13-7-8-15(19)21-4)14-11-17(2)10-9-16(20)22-5/h6-14H2,1-5H3/q+1. The molecule has 0 heterocycles. The molecule has 0 saturated heterocycles. The van der Waals surface area contributed by atoms with Gasteiger partial charge in [-0.05, 0) is 13.5 Å². The van der Waals surface area contributed by atoms with Crippen LogP contribution in [0.25, 0.3) is 0 Å². The maximum atomic E-state index is 11.2. The SMILES string of the molecule is CCC[N+](C)(CCCC(=O)OC)CCN(C)CCC(=O)OC. The Bertz CT molecular complexity index is 336. The largest absolute Gasteiger partial charge is 0.469 e. The average Bonchev–Trinajstić information content (AvgIpc) is 2.50. The molecule has 0 aromatic rings. The van der Waals surface area contributed by atoms with Gasteiger partial charge >= 0.3 is 11.9 Å². The van der Waals surface area contributed by atoms with Crippen LogP contribution >= 0.6 is 0 Å². The second kappa shape index (κ2) is 11.4. The molecular weight excluding hydrogens is 284 g/mol.